The third-order valence-electron chi connectivity index (χ3n) is 6.11. The van der Waals surface area contributed by atoms with Crippen molar-refractivity contribution in [3.05, 3.63) is 17.2 Å². The molecule has 1 fully saturated rings. The molecule has 0 saturated heterocycles. The Bertz CT molecular complexity index is 609. The summed E-state index contributed by atoms with van der Waals surface area (Å²) < 4.78 is 0. The molecule has 2 rings (SSSR count). The smallest absolute Gasteiger partial charge is 0.164 e. The Morgan fingerprint density at radius 3 is 2.11 bits per heavy atom. The molecule has 1 saturated carbocycles. The zero-order valence-corrected chi connectivity index (χ0v) is 17.9. The molecular formula is C24H40O3. The average Bonchev–Trinajstić information content (AvgIpc) is 3.31. The highest BCUT2D eigenvalue weighted by molar-refractivity contribution is 5.56. The van der Waals surface area contributed by atoms with Gasteiger partial charge in [0.15, 0.2) is 11.5 Å². The lowest BCUT2D eigenvalue weighted by molar-refractivity contribution is 0.357. The number of unbranched alkanes of at least 4 members (excludes halogenated alkanes) is 4. The molecule has 1 aliphatic rings. The Balaban J connectivity index is 1.82. The van der Waals surface area contributed by atoms with E-state index in [0.29, 0.717) is 22.8 Å². The maximum atomic E-state index is 10.6. The fraction of sp³-hybridized carbons (Fsp3) is 0.750. The standard InChI is InChI=1S/C24H40O3/c1-23(2,3)13-9-6-5-7-11-18-17-20(25)22(27)19(21(18)26)12-8-10-14-24(4)15-16-24/h17,25-27H,5-16H2,1-4H3. The summed E-state index contributed by atoms with van der Waals surface area (Å²) in [6, 6.07) is 1.54. The second kappa shape index (κ2) is 9.21. The maximum absolute atomic E-state index is 10.6. The third-order valence-corrected chi connectivity index (χ3v) is 6.11. The van der Waals surface area contributed by atoms with Gasteiger partial charge in [0.1, 0.15) is 5.75 Å². The SMILES string of the molecule is CC(C)(C)CCCCCCc1cc(O)c(O)c(CCCCC2(C)CC2)c1O. The van der Waals surface area contributed by atoms with Crippen molar-refractivity contribution >= 4 is 0 Å². The molecule has 0 unspecified atom stereocenters. The second-order valence-electron chi connectivity index (χ2n) is 10.2. The number of benzene rings is 1. The van der Waals surface area contributed by atoms with Gasteiger partial charge in [-0.25, -0.2) is 0 Å². The molecule has 3 N–H and O–H groups in total. The molecule has 27 heavy (non-hydrogen) atoms. The van der Waals surface area contributed by atoms with Gasteiger partial charge in [-0.05, 0) is 73.8 Å². The average molecular weight is 377 g/mol. The van der Waals surface area contributed by atoms with Crippen molar-refractivity contribution in [2.75, 3.05) is 0 Å². The van der Waals surface area contributed by atoms with Gasteiger partial charge in [-0.1, -0.05) is 53.4 Å². The first-order chi connectivity index (χ1) is 12.6. The molecule has 0 aromatic heterocycles. The van der Waals surface area contributed by atoms with E-state index in [-0.39, 0.29) is 17.2 Å². The van der Waals surface area contributed by atoms with Crippen LogP contribution in [0.15, 0.2) is 6.07 Å². The van der Waals surface area contributed by atoms with Gasteiger partial charge in [-0.2, -0.15) is 0 Å². The Labute approximate surface area is 165 Å². The molecular weight excluding hydrogens is 336 g/mol. The summed E-state index contributed by atoms with van der Waals surface area (Å²) in [6.07, 6.45) is 13.1. The lowest BCUT2D eigenvalue weighted by atomic mass is 9.89. The van der Waals surface area contributed by atoms with E-state index >= 15 is 0 Å². The molecule has 154 valence electrons. The van der Waals surface area contributed by atoms with Crippen molar-refractivity contribution in [1.29, 1.82) is 0 Å². The summed E-state index contributed by atoms with van der Waals surface area (Å²) in [5.74, 6) is -0.0450. The minimum absolute atomic E-state index is 0.0975. The van der Waals surface area contributed by atoms with E-state index in [9.17, 15) is 15.3 Å². The highest BCUT2D eigenvalue weighted by atomic mass is 16.3. The van der Waals surface area contributed by atoms with Crippen LogP contribution >= 0.6 is 0 Å². The van der Waals surface area contributed by atoms with E-state index < -0.39 is 0 Å². The third kappa shape index (κ3) is 7.27. The minimum atomic E-state index is -0.140. The predicted octanol–water partition coefficient (Wildman–Crippen LogP) is 6.86. The molecule has 0 heterocycles. The molecule has 0 atom stereocenters. The van der Waals surface area contributed by atoms with Gasteiger partial charge < -0.3 is 15.3 Å². The van der Waals surface area contributed by atoms with Crippen molar-refractivity contribution < 1.29 is 15.3 Å². The summed E-state index contributed by atoms with van der Waals surface area (Å²) in [6.45, 7) is 9.15. The van der Waals surface area contributed by atoms with Crippen LogP contribution < -0.4 is 0 Å². The summed E-state index contributed by atoms with van der Waals surface area (Å²) in [5.41, 5.74) is 2.23. The number of phenolic OH excluding ortho intramolecular Hbond substituents is 3. The highest BCUT2D eigenvalue weighted by Gasteiger charge is 2.36. The highest BCUT2D eigenvalue weighted by Crippen LogP contribution is 2.49. The van der Waals surface area contributed by atoms with E-state index in [1.807, 2.05) is 0 Å². The Morgan fingerprint density at radius 1 is 0.852 bits per heavy atom. The normalized spacial score (nSPS) is 15.9. The van der Waals surface area contributed by atoms with Crippen LogP contribution in [0.3, 0.4) is 0 Å². The van der Waals surface area contributed by atoms with Gasteiger partial charge >= 0.3 is 0 Å². The van der Waals surface area contributed by atoms with Crippen LogP contribution in [0.25, 0.3) is 0 Å². The van der Waals surface area contributed by atoms with Crippen LogP contribution in [0.2, 0.25) is 0 Å². The largest absolute Gasteiger partial charge is 0.507 e. The van der Waals surface area contributed by atoms with Gasteiger partial charge in [0.05, 0.1) is 0 Å². The van der Waals surface area contributed by atoms with Crippen molar-refractivity contribution in [3.8, 4) is 17.2 Å². The van der Waals surface area contributed by atoms with Gasteiger partial charge in [0.25, 0.3) is 0 Å². The number of phenols is 3. The Morgan fingerprint density at radius 2 is 1.48 bits per heavy atom. The lowest BCUT2D eigenvalue weighted by Crippen LogP contribution is -2.03. The molecule has 0 bridgehead atoms. The number of aromatic hydroxyl groups is 3. The van der Waals surface area contributed by atoms with Crippen molar-refractivity contribution in [2.45, 2.75) is 105 Å². The molecule has 0 radical (unpaired) electrons. The quantitative estimate of drug-likeness (QED) is 0.225. The first kappa shape index (κ1) is 21.9. The second-order valence-corrected chi connectivity index (χ2v) is 10.2. The number of hydrogen-bond acceptors (Lipinski definition) is 3. The van der Waals surface area contributed by atoms with Crippen LogP contribution in [0, 0.1) is 10.8 Å². The first-order valence-corrected chi connectivity index (χ1v) is 10.9. The molecule has 0 spiro atoms. The van der Waals surface area contributed by atoms with Gasteiger partial charge in [0.2, 0.25) is 0 Å². The van der Waals surface area contributed by atoms with E-state index in [0.717, 1.165) is 37.7 Å². The summed E-state index contributed by atoms with van der Waals surface area (Å²) in [7, 11) is 0. The fourth-order valence-electron chi connectivity index (χ4n) is 3.83. The molecule has 3 heteroatoms. The van der Waals surface area contributed by atoms with E-state index in [4.69, 9.17) is 0 Å². The molecule has 3 nitrogen and oxygen atoms in total. The van der Waals surface area contributed by atoms with Crippen LogP contribution in [0.5, 0.6) is 17.2 Å². The maximum Gasteiger partial charge on any atom is 0.164 e. The van der Waals surface area contributed by atoms with Gasteiger partial charge in [0, 0.05) is 5.56 Å². The predicted molar refractivity (Wildman–Crippen MR) is 113 cm³/mol. The van der Waals surface area contributed by atoms with E-state index in [1.165, 1.54) is 44.6 Å². The minimum Gasteiger partial charge on any atom is -0.507 e. The Kier molecular flexibility index (Phi) is 7.47. The van der Waals surface area contributed by atoms with Crippen LogP contribution in [0.4, 0.5) is 0 Å². The summed E-state index contributed by atoms with van der Waals surface area (Å²) >= 11 is 0. The number of rotatable bonds is 11. The van der Waals surface area contributed by atoms with Crippen molar-refractivity contribution in [1.82, 2.24) is 0 Å². The summed E-state index contributed by atoms with van der Waals surface area (Å²) in [5, 5.41) is 30.9. The van der Waals surface area contributed by atoms with Gasteiger partial charge in [-0.15, -0.1) is 0 Å². The van der Waals surface area contributed by atoms with Crippen LogP contribution in [0.1, 0.15) is 103 Å². The van der Waals surface area contributed by atoms with E-state index in [1.54, 1.807) is 0 Å². The van der Waals surface area contributed by atoms with E-state index in [2.05, 4.69) is 27.7 Å². The van der Waals surface area contributed by atoms with Crippen molar-refractivity contribution in [3.63, 3.8) is 0 Å². The van der Waals surface area contributed by atoms with Crippen LogP contribution in [-0.4, -0.2) is 15.3 Å². The zero-order chi connectivity index (χ0) is 20.1. The zero-order valence-electron chi connectivity index (χ0n) is 17.9. The molecule has 1 aromatic carbocycles. The summed E-state index contributed by atoms with van der Waals surface area (Å²) in [4.78, 5) is 0. The Hall–Kier alpha value is -1.38. The topological polar surface area (TPSA) is 60.7 Å². The molecule has 1 aromatic rings. The first-order valence-electron chi connectivity index (χ1n) is 10.9. The number of hydrogen-bond donors (Lipinski definition) is 3. The molecule has 1 aliphatic carbocycles. The fourth-order valence-corrected chi connectivity index (χ4v) is 3.83. The number of aryl methyl sites for hydroxylation is 1. The van der Waals surface area contributed by atoms with Gasteiger partial charge in [-0.3, -0.25) is 0 Å². The molecule has 0 amide bonds. The van der Waals surface area contributed by atoms with Crippen molar-refractivity contribution in [2.24, 2.45) is 10.8 Å². The lowest BCUT2D eigenvalue weighted by Gasteiger charge is -2.17. The molecule has 0 aliphatic heterocycles. The van der Waals surface area contributed by atoms with Crippen LogP contribution in [-0.2, 0) is 12.8 Å². The monoisotopic (exact) mass is 376 g/mol.